The summed E-state index contributed by atoms with van der Waals surface area (Å²) in [4.78, 5) is 25.6. The van der Waals surface area contributed by atoms with Crippen molar-refractivity contribution in [2.24, 2.45) is 5.92 Å². The Morgan fingerprint density at radius 2 is 2.03 bits per heavy atom. The van der Waals surface area contributed by atoms with Crippen LogP contribution in [0.4, 0.5) is 5.95 Å². The van der Waals surface area contributed by atoms with Crippen LogP contribution in [0.25, 0.3) is 22.2 Å². The Labute approximate surface area is 201 Å². The molecule has 3 heterocycles. The number of ether oxygens (including phenoxy) is 1. The number of anilines is 1. The maximum Gasteiger partial charge on any atom is 0.224 e. The van der Waals surface area contributed by atoms with Crippen molar-refractivity contribution in [3.05, 3.63) is 40.4 Å². The van der Waals surface area contributed by atoms with Crippen LogP contribution >= 0.6 is 23.4 Å². The van der Waals surface area contributed by atoms with E-state index in [0.717, 1.165) is 53.4 Å². The average Bonchev–Trinajstić information content (AvgIpc) is 2.82. The van der Waals surface area contributed by atoms with Crippen LogP contribution in [0.15, 0.2) is 29.4 Å². The molecule has 1 aromatic heterocycles. The summed E-state index contributed by atoms with van der Waals surface area (Å²) in [6, 6.07) is 7.99. The molecule has 0 aliphatic carbocycles. The molecule has 8 nitrogen and oxygen atoms in total. The van der Waals surface area contributed by atoms with E-state index in [-0.39, 0.29) is 17.8 Å². The zero-order chi connectivity index (χ0) is 22.8. The highest BCUT2D eigenvalue weighted by molar-refractivity contribution is 7.99. The molecule has 1 saturated heterocycles. The molecule has 0 unspecified atom stereocenters. The third kappa shape index (κ3) is 4.77. The van der Waals surface area contributed by atoms with Crippen LogP contribution < -0.4 is 16.4 Å². The number of nitrogens with zero attached hydrogens (tertiary/aromatic N) is 3. The summed E-state index contributed by atoms with van der Waals surface area (Å²) >= 11 is 8.12. The van der Waals surface area contributed by atoms with Crippen LogP contribution in [-0.2, 0) is 22.7 Å². The lowest BCUT2D eigenvalue weighted by molar-refractivity contribution is -0.125. The molecule has 2 aliphatic heterocycles. The van der Waals surface area contributed by atoms with Gasteiger partial charge in [0.15, 0.2) is 11.0 Å². The molecule has 10 heteroatoms. The molecule has 0 bridgehead atoms. The Morgan fingerprint density at radius 3 is 2.88 bits per heavy atom. The fourth-order valence-electron chi connectivity index (χ4n) is 4.44. The van der Waals surface area contributed by atoms with Crippen molar-refractivity contribution >= 4 is 46.0 Å². The number of hydrogen-bond acceptors (Lipinski definition) is 8. The predicted octanol–water partition coefficient (Wildman–Crippen LogP) is 3.17. The number of piperidine rings is 1. The highest BCUT2D eigenvalue weighted by Crippen LogP contribution is 2.39. The zero-order valence-electron chi connectivity index (χ0n) is 18.1. The number of nitrogen functional groups attached to an aromatic ring is 1. The number of carbonyl (C=O) groups excluding carboxylic acids is 1. The molecule has 5 rings (SSSR count). The van der Waals surface area contributed by atoms with Gasteiger partial charge in [0.25, 0.3) is 0 Å². The number of rotatable bonds is 6. The first-order chi connectivity index (χ1) is 16.1. The van der Waals surface area contributed by atoms with Gasteiger partial charge in [-0.15, -0.1) is 0 Å². The Kier molecular flexibility index (Phi) is 6.64. The number of aromatic nitrogens is 3. The van der Waals surface area contributed by atoms with Gasteiger partial charge in [-0.25, -0.2) is 4.98 Å². The predicted molar refractivity (Wildman–Crippen MR) is 130 cm³/mol. The number of nitrogens with two attached hydrogens (primary N) is 1. The van der Waals surface area contributed by atoms with Crippen molar-refractivity contribution in [2.75, 3.05) is 31.1 Å². The minimum Gasteiger partial charge on any atom is -0.372 e. The highest BCUT2D eigenvalue weighted by atomic mass is 35.5. The van der Waals surface area contributed by atoms with Crippen molar-refractivity contribution in [1.82, 2.24) is 25.6 Å². The Hall–Kier alpha value is -2.46. The van der Waals surface area contributed by atoms with Gasteiger partial charge in [0.05, 0.1) is 18.2 Å². The normalized spacial score (nSPS) is 16.2. The monoisotopic (exact) mass is 484 g/mol. The van der Waals surface area contributed by atoms with Gasteiger partial charge in [-0.2, -0.15) is 9.97 Å². The number of carbonyl (C=O) groups is 1. The van der Waals surface area contributed by atoms with Gasteiger partial charge in [0.2, 0.25) is 11.9 Å². The highest BCUT2D eigenvalue weighted by Gasteiger charge is 2.22. The van der Waals surface area contributed by atoms with Crippen LogP contribution in [0.5, 0.6) is 0 Å². The topological polar surface area (TPSA) is 115 Å². The summed E-state index contributed by atoms with van der Waals surface area (Å²) in [7, 11) is 0. The fourth-order valence-corrected chi connectivity index (χ4v) is 5.45. The lowest BCUT2D eigenvalue weighted by atomic mass is 9.94. The van der Waals surface area contributed by atoms with E-state index in [2.05, 4.69) is 31.7 Å². The first kappa shape index (κ1) is 22.3. The lowest BCUT2D eigenvalue weighted by Gasteiger charge is -2.21. The summed E-state index contributed by atoms with van der Waals surface area (Å²) in [5.74, 6) is 1.43. The largest absolute Gasteiger partial charge is 0.372 e. The van der Waals surface area contributed by atoms with Gasteiger partial charge in [0.1, 0.15) is 0 Å². The van der Waals surface area contributed by atoms with E-state index in [4.69, 9.17) is 22.1 Å². The van der Waals surface area contributed by atoms with Gasteiger partial charge in [-0.05, 0) is 53.9 Å². The van der Waals surface area contributed by atoms with E-state index in [1.165, 1.54) is 11.8 Å². The number of halogens is 1. The molecule has 2 aliphatic rings. The summed E-state index contributed by atoms with van der Waals surface area (Å²) in [5.41, 5.74) is 8.94. The zero-order valence-corrected chi connectivity index (χ0v) is 19.6. The summed E-state index contributed by atoms with van der Waals surface area (Å²) in [6.07, 6.45) is 1.77. The number of amides is 1. The number of nitrogens with one attached hydrogen (secondary N) is 2. The van der Waals surface area contributed by atoms with Crippen LogP contribution in [-0.4, -0.2) is 46.2 Å². The van der Waals surface area contributed by atoms with Crippen LogP contribution in [0, 0.1) is 5.92 Å². The van der Waals surface area contributed by atoms with E-state index >= 15 is 0 Å². The van der Waals surface area contributed by atoms with Crippen molar-refractivity contribution in [2.45, 2.75) is 31.2 Å². The second-order valence-electron chi connectivity index (χ2n) is 8.19. The number of benzene rings is 2. The van der Waals surface area contributed by atoms with Crippen LogP contribution in [0.3, 0.4) is 0 Å². The molecule has 172 valence electrons. The summed E-state index contributed by atoms with van der Waals surface area (Å²) < 4.78 is 5.68. The van der Waals surface area contributed by atoms with Crippen molar-refractivity contribution < 1.29 is 9.53 Å². The summed E-state index contributed by atoms with van der Waals surface area (Å²) in [5, 5.41) is 9.47. The maximum absolute atomic E-state index is 12.3. The van der Waals surface area contributed by atoms with E-state index in [9.17, 15) is 4.79 Å². The van der Waals surface area contributed by atoms with Crippen LogP contribution in [0.1, 0.15) is 24.0 Å². The van der Waals surface area contributed by atoms with E-state index in [1.54, 1.807) is 0 Å². The molecule has 0 atom stereocenters. The quantitative estimate of drug-likeness (QED) is 0.361. The molecule has 33 heavy (non-hydrogen) atoms. The van der Waals surface area contributed by atoms with Gasteiger partial charge in [-0.1, -0.05) is 41.6 Å². The van der Waals surface area contributed by atoms with Crippen LogP contribution in [0.2, 0.25) is 5.02 Å². The van der Waals surface area contributed by atoms with E-state index in [1.807, 2.05) is 18.2 Å². The molecule has 1 amide bonds. The van der Waals surface area contributed by atoms with E-state index in [0.29, 0.717) is 41.5 Å². The molecule has 0 saturated carbocycles. The molecule has 3 aromatic rings. The smallest absolute Gasteiger partial charge is 0.224 e. The third-order valence-electron chi connectivity index (χ3n) is 5.99. The molecule has 0 radical (unpaired) electrons. The molecule has 0 spiro atoms. The minimum absolute atomic E-state index is 0.0937. The second-order valence-corrected chi connectivity index (χ2v) is 9.66. The number of thioether (sulfide) groups is 1. The van der Waals surface area contributed by atoms with Crippen molar-refractivity contribution in [3.63, 3.8) is 0 Å². The molecular weight excluding hydrogens is 460 g/mol. The average molecular weight is 485 g/mol. The molecule has 1 fully saturated rings. The summed E-state index contributed by atoms with van der Waals surface area (Å²) in [6.45, 7) is 3.42. The molecule has 4 N–H and O–H groups in total. The van der Waals surface area contributed by atoms with Gasteiger partial charge in [0, 0.05) is 23.8 Å². The van der Waals surface area contributed by atoms with Gasteiger partial charge >= 0.3 is 0 Å². The first-order valence-corrected chi connectivity index (χ1v) is 12.4. The van der Waals surface area contributed by atoms with Crippen molar-refractivity contribution in [3.8, 4) is 11.4 Å². The van der Waals surface area contributed by atoms with Crippen molar-refractivity contribution in [1.29, 1.82) is 0 Å². The SMILES string of the molecule is Nc1nc(SCCNC(=O)C2CCNCC2)nc(-c2c(Cl)cc3c4c(cccc24)COC3)n1. The standard InChI is InChI=1S/C23H25ClN6O2S/c24-17-10-15-12-32-11-14-2-1-3-16(18(14)15)19(17)20-28-22(25)30-23(29-20)33-9-8-27-21(31)13-4-6-26-7-5-13/h1-3,10,13,26H,4-9,11-12H2,(H,27,31)(H2,25,28,29,30). The Bertz CT molecular complexity index is 1200. The maximum atomic E-state index is 12.3. The second kappa shape index (κ2) is 9.80. The first-order valence-electron chi connectivity index (χ1n) is 11.0. The van der Waals surface area contributed by atoms with Gasteiger partial charge in [-0.3, -0.25) is 4.79 Å². The molecule has 2 aromatic carbocycles. The van der Waals surface area contributed by atoms with E-state index < -0.39 is 0 Å². The minimum atomic E-state index is 0.0937. The third-order valence-corrected chi connectivity index (χ3v) is 7.14. The number of hydrogen-bond donors (Lipinski definition) is 3. The Balaban J connectivity index is 1.34. The molecular formula is C23H25ClN6O2S. The Morgan fingerprint density at radius 1 is 1.21 bits per heavy atom. The fraction of sp³-hybridized carbons (Fsp3) is 0.391. The van der Waals surface area contributed by atoms with Gasteiger partial charge < -0.3 is 21.1 Å². The lowest BCUT2D eigenvalue weighted by Crippen LogP contribution is -2.38.